The fraction of sp³-hybridized carbons (Fsp3) is 0.273. The number of carbonyl (C=O) groups is 1. The highest BCUT2D eigenvalue weighted by Crippen LogP contribution is 2.26. The number of hydrogen-bond acceptors (Lipinski definition) is 2. The van der Waals surface area contributed by atoms with Gasteiger partial charge in [0, 0.05) is 5.56 Å². The van der Waals surface area contributed by atoms with E-state index in [-0.39, 0.29) is 30.7 Å². The van der Waals surface area contributed by atoms with Crippen LogP contribution in [0, 0.1) is 5.82 Å². The van der Waals surface area contributed by atoms with Gasteiger partial charge in [0.25, 0.3) is 11.7 Å². The normalized spacial score (nSPS) is 12.2. The van der Waals surface area contributed by atoms with Crippen LogP contribution in [0.1, 0.15) is 19.2 Å². The predicted octanol–water partition coefficient (Wildman–Crippen LogP) is 0.569. The molecule has 1 amide bonds. The van der Waals surface area contributed by atoms with Gasteiger partial charge in [-0.15, -0.1) is 0 Å². The molecule has 2 heterocycles. The first-order chi connectivity index (χ1) is 13.7. The Bertz CT molecular complexity index is 1000. The number of nitrogens with zero attached hydrogens (tertiary/aromatic N) is 2. The number of amides is 1. The van der Waals surface area contributed by atoms with E-state index in [2.05, 4.69) is 9.88 Å². The van der Waals surface area contributed by atoms with Gasteiger partial charge in [-0.1, -0.05) is 12.1 Å². The Morgan fingerprint density at radius 2 is 1.97 bits per heavy atom. The Morgan fingerprint density at radius 3 is 2.72 bits per heavy atom. The average Bonchev–Trinajstić information content (AvgIpc) is 3.28. The van der Waals surface area contributed by atoms with E-state index in [1.807, 2.05) is 42.0 Å². The number of benzene rings is 2. The third kappa shape index (κ3) is 4.43. The number of rotatable bonds is 6. The van der Waals surface area contributed by atoms with Crippen molar-refractivity contribution < 1.29 is 30.9 Å². The maximum Gasteiger partial charge on any atom is 0.266 e. The van der Waals surface area contributed by atoms with Gasteiger partial charge in [-0.25, -0.2) is 13.5 Å². The average molecular weight is 416 g/mol. The zero-order valence-electron chi connectivity index (χ0n) is 16.2. The number of para-hydroxylation sites is 2. The number of halogens is 2. The molecule has 152 valence electrons. The third-order valence-electron chi connectivity index (χ3n) is 4.91. The summed E-state index contributed by atoms with van der Waals surface area (Å²) in [5.41, 5.74) is 2.63. The molecule has 2 aromatic carbocycles. The molecule has 0 bridgehead atoms. The number of imidazole rings is 1. The van der Waals surface area contributed by atoms with Gasteiger partial charge in [-0.3, -0.25) is 4.79 Å². The smallest absolute Gasteiger partial charge is 0.266 e. The van der Waals surface area contributed by atoms with Gasteiger partial charge in [0.2, 0.25) is 0 Å². The summed E-state index contributed by atoms with van der Waals surface area (Å²) in [6, 6.07) is 13.9. The van der Waals surface area contributed by atoms with E-state index in [0.29, 0.717) is 18.0 Å². The Hall–Kier alpha value is -2.86. The van der Waals surface area contributed by atoms with Crippen molar-refractivity contribution in [3.63, 3.8) is 0 Å². The molecule has 0 aliphatic carbocycles. The highest BCUT2D eigenvalue weighted by Gasteiger charge is 2.29. The molecule has 1 aliphatic heterocycles. The predicted molar refractivity (Wildman–Crippen MR) is 105 cm³/mol. The molecule has 0 radical (unpaired) electrons. The molecule has 0 unspecified atom stereocenters. The first-order valence-electron chi connectivity index (χ1n) is 9.55. The van der Waals surface area contributed by atoms with Gasteiger partial charge in [0.15, 0.2) is 12.2 Å². The second kappa shape index (κ2) is 9.09. The van der Waals surface area contributed by atoms with Crippen LogP contribution in [0.3, 0.4) is 0 Å². The number of anilines is 1. The monoisotopic (exact) mass is 415 g/mol. The van der Waals surface area contributed by atoms with Crippen LogP contribution in [0.2, 0.25) is 0 Å². The zero-order valence-corrected chi connectivity index (χ0v) is 17.0. The van der Waals surface area contributed by atoms with Crippen molar-refractivity contribution in [1.29, 1.82) is 0 Å². The van der Waals surface area contributed by atoms with Gasteiger partial charge >= 0.3 is 0 Å². The number of ether oxygens (including phenoxy) is 1. The van der Waals surface area contributed by atoms with Crippen molar-refractivity contribution in [3.05, 3.63) is 66.4 Å². The lowest BCUT2D eigenvalue weighted by molar-refractivity contribution is -0.690. The van der Waals surface area contributed by atoms with Crippen molar-refractivity contribution in [2.75, 3.05) is 11.9 Å². The lowest BCUT2D eigenvalue weighted by Gasteiger charge is -2.10. The van der Waals surface area contributed by atoms with E-state index in [1.54, 1.807) is 12.1 Å². The van der Waals surface area contributed by atoms with Crippen molar-refractivity contribution in [1.82, 2.24) is 4.57 Å². The molecule has 0 saturated heterocycles. The van der Waals surface area contributed by atoms with Crippen molar-refractivity contribution >= 4 is 11.6 Å². The summed E-state index contributed by atoms with van der Waals surface area (Å²) in [6.07, 6.45) is 3.94. The van der Waals surface area contributed by atoms with Crippen molar-refractivity contribution in [3.8, 4) is 17.0 Å². The van der Waals surface area contributed by atoms with Gasteiger partial charge < -0.3 is 22.5 Å². The second-order valence-electron chi connectivity index (χ2n) is 6.80. The van der Waals surface area contributed by atoms with Crippen molar-refractivity contribution in [2.24, 2.45) is 0 Å². The van der Waals surface area contributed by atoms with Crippen LogP contribution in [-0.4, -0.2) is 17.1 Å². The highest BCUT2D eigenvalue weighted by molar-refractivity contribution is 5.91. The topological polar surface area (TPSA) is 47.1 Å². The third-order valence-corrected chi connectivity index (χ3v) is 4.91. The number of fused-ring (bicyclic) bond motifs is 1. The molecular formula is C22H23ClFN3O2. The van der Waals surface area contributed by atoms with Gasteiger partial charge in [0.1, 0.15) is 17.8 Å². The lowest BCUT2D eigenvalue weighted by atomic mass is 10.1. The van der Waals surface area contributed by atoms with E-state index in [1.165, 1.54) is 12.1 Å². The van der Waals surface area contributed by atoms with Crippen LogP contribution in [-0.2, 0) is 24.3 Å². The Kier molecular flexibility index (Phi) is 6.54. The maximum atomic E-state index is 13.3. The molecule has 7 heteroatoms. The minimum Gasteiger partial charge on any atom is -1.00 e. The molecule has 5 nitrogen and oxygen atoms in total. The van der Waals surface area contributed by atoms with Crippen LogP contribution in [0.4, 0.5) is 10.1 Å². The minimum atomic E-state index is -0.253. The molecule has 3 aromatic rings. The van der Waals surface area contributed by atoms with E-state index < -0.39 is 0 Å². The van der Waals surface area contributed by atoms with E-state index in [9.17, 15) is 9.18 Å². The van der Waals surface area contributed by atoms with Crippen LogP contribution < -0.4 is 27.0 Å². The molecule has 4 rings (SSSR count). The number of hydrogen-bond donors (Lipinski definition) is 1. The van der Waals surface area contributed by atoms with Gasteiger partial charge in [-0.2, -0.15) is 0 Å². The van der Waals surface area contributed by atoms with E-state index >= 15 is 0 Å². The molecule has 1 aliphatic rings. The fourth-order valence-electron chi connectivity index (χ4n) is 3.69. The standard InChI is InChI=1S/C22H22FN3O2.ClH/c1-2-28-20-7-4-3-6-18(20)24-21(27)15-25-14-19(26-13-5-8-22(25)26)16-9-11-17(23)12-10-16;/h3-4,6-7,9-12,14H,2,5,8,13,15H2,1H3;1H. The first kappa shape index (κ1) is 20.9. The molecule has 1 N–H and O–H groups in total. The summed E-state index contributed by atoms with van der Waals surface area (Å²) in [5, 5.41) is 2.95. The number of carbonyl (C=O) groups excluding carboxylic acids is 1. The summed E-state index contributed by atoms with van der Waals surface area (Å²) in [6.45, 7) is 3.58. The SMILES string of the molecule is CCOc1ccccc1NC(=O)C[n+]1cc(-c2ccc(F)cc2)n2c1CCC2.[Cl-]. The molecule has 29 heavy (non-hydrogen) atoms. The lowest BCUT2D eigenvalue weighted by Crippen LogP contribution is -3.00. The van der Waals surface area contributed by atoms with Crippen LogP contribution in [0.15, 0.2) is 54.7 Å². The summed E-state index contributed by atoms with van der Waals surface area (Å²) in [5.74, 6) is 1.42. The van der Waals surface area contributed by atoms with Crippen LogP contribution in [0.5, 0.6) is 5.75 Å². The first-order valence-corrected chi connectivity index (χ1v) is 9.55. The summed E-state index contributed by atoms with van der Waals surface area (Å²) < 4.78 is 23.1. The second-order valence-corrected chi connectivity index (χ2v) is 6.80. The van der Waals surface area contributed by atoms with Gasteiger partial charge in [0.05, 0.1) is 25.3 Å². The fourth-order valence-corrected chi connectivity index (χ4v) is 3.69. The zero-order chi connectivity index (χ0) is 19.5. The van der Waals surface area contributed by atoms with E-state index in [4.69, 9.17) is 4.74 Å². The summed E-state index contributed by atoms with van der Waals surface area (Å²) >= 11 is 0. The minimum absolute atomic E-state index is 0. The van der Waals surface area contributed by atoms with E-state index in [0.717, 1.165) is 36.5 Å². The summed E-state index contributed by atoms with van der Waals surface area (Å²) in [7, 11) is 0. The molecule has 0 fully saturated rings. The Balaban J connectivity index is 0.00000240. The molecular weight excluding hydrogens is 393 g/mol. The van der Waals surface area contributed by atoms with Crippen LogP contribution in [0.25, 0.3) is 11.3 Å². The van der Waals surface area contributed by atoms with Crippen LogP contribution >= 0.6 is 0 Å². The van der Waals surface area contributed by atoms with Crippen molar-refractivity contribution in [2.45, 2.75) is 32.9 Å². The quantitative estimate of drug-likeness (QED) is 0.598. The Labute approximate surface area is 175 Å². The Morgan fingerprint density at radius 1 is 1.21 bits per heavy atom. The highest BCUT2D eigenvalue weighted by atomic mass is 35.5. The molecule has 0 saturated carbocycles. The molecule has 0 spiro atoms. The molecule has 0 atom stereocenters. The van der Waals surface area contributed by atoms with Gasteiger partial charge in [-0.05, 0) is 49.7 Å². The maximum absolute atomic E-state index is 13.3. The number of nitrogens with one attached hydrogen (secondary N) is 1. The summed E-state index contributed by atoms with van der Waals surface area (Å²) in [4.78, 5) is 12.7. The number of aromatic nitrogens is 2. The largest absolute Gasteiger partial charge is 1.00 e. The molecule has 1 aromatic heterocycles.